The fraction of sp³-hybridized carbons (Fsp3) is 0.417. The number of benzene rings is 1. The molecule has 0 aliphatic heterocycles. The van der Waals surface area contributed by atoms with Crippen molar-refractivity contribution in [3.63, 3.8) is 0 Å². The number of aromatic hydroxyl groups is 1. The lowest BCUT2D eigenvalue weighted by Crippen LogP contribution is -2.00. The van der Waals surface area contributed by atoms with E-state index in [4.69, 9.17) is 9.84 Å². The predicted molar refractivity (Wildman–Crippen MR) is 60.1 cm³/mol. The number of rotatable bonds is 4. The molecule has 0 aromatic heterocycles. The number of aryl methyl sites for hydroxylation is 1. The van der Waals surface area contributed by atoms with Crippen molar-refractivity contribution in [2.75, 3.05) is 7.11 Å². The molecule has 0 amide bonds. The van der Waals surface area contributed by atoms with Crippen LogP contribution in [-0.4, -0.2) is 23.3 Å². The molecule has 1 rings (SSSR count). The smallest absolute Gasteiger partial charge is 0.303 e. The highest BCUT2D eigenvalue weighted by atomic mass is 16.5. The first-order chi connectivity index (χ1) is 7.47. The Morgan fingerprint density at radius 3 is 2.50 bits per heavy atom. The predicted octanol–water partition coefficient (Wildman–Crippen LogP) is 2.03. The summed E-state index contributed by atoms with van der Waals surface area (Å²) < 4.78 is 5.17. The first kappa shape index (κ1) is 12.4. The van der Waals surface area contributed by atoms with Gasteiger partial charge in [0.15, 0.2) is 0 Å². The molecule has 0 heterocycles. The van der Waals surface area contributed by atoms with Gasteiger partial charge in [-0.05, 0) is 43.0 Å². The quantitative estimate of drug-likeness (QED) is 0.821. The van der Waals surface area contributed by atoms with E-state index in [1.807, 2.05) is 6.92 Å². The molecule has 0 saturated carbocycles. The van der Waals surface area contributed by atoms with Gasteiger partial charge in [0.1, 0.15) is 11.5 Å². The number of carboxylic acid groups (broad SMARTS) is 1. The van der Waals surface area contributed by atoms with E-state index >= 15 is 0 Å². The summed E-state index contributed by atoms with van der Waals surface area (Å²) >= 11 is 0. The monoisotopic (exact) mass is 224 g/mol. The summed E-state index contributed by atoms with van der Waals surface area (Å²) in [4.78, 5) is 10.5. The number of phenols is 1. The van der Waals surface area contributed by atoms with Gasteiger partial charge in [0.05, 0.1) is 7.11 Å². The molecule has 1 aromatic carbocycles. The molecule has 0 unspecified atom stereocenters. The molecule has 0 aliphatic carbocycles. The van der Waals surface area contributed by atoms with Gasteiger partial charge in [-0.2, -0.15) is 0 Å². The Morgan fingerprint density at radius 1 is 1.38 bits per heavy atom. The Balaban J connectivity index is 3.09. The number of phenolic OH excluding ortho intramolecular Hbond substituents is 1. The summed E-state index contributed by atoms with van der Waals surface area (Å²) in [6, 6.07) is 1.70. The normalized spacial score (nSPS) is 10.2. The third-order valence-corrected chi connectivity index (χ3v) is 2.72. The van der Waals surface area contributed by atoms with Crippen LogP contribution >= 0.6 is 0 Å². The van der Waals surface area contributed by atoms with Crippen molar-refractivity contribution in [2.45, 2.75) is 26.7 Å². The van der Waals surface area contributed by atoms with Gasteiger partial charge >= 0.3 is 5.97 Å². The largest absolute Gasteiger partial charge is 0.507 e. The van der Waals surface area contributed by atoms with Crippen molar-refractivity contribution in [1.29, 1.82) is 0 Å². The fourth-order valence-corrected chi connectivity index (χ4v) is 1.58. The topological polar surface area (TPSA) is 66.8 Å². The number of hydrogen-bond donors (Lipinski definition) is 2. The lowest BCUT2D eigenvalue weighted by molar-refractivity contribution is -0.136. The average Bonchev–Trinajstić information content (AvgIpc) is 2.25. The van der Waals surface area contributed by atoms with Crippen molar-refractivity contribution < 1.29 is 19.7 Å². The molecule has 88 valence electrons. The van der Waals surface area contributed by atoms with Gasteiger partial charge in [-0.1, -0.05) is 0 Å². The molecule has 0 radical (unpaired) electrons. The van der Waals surface area contributed by atoms with E-state index in [0.717, 1.165) is 11.1 Å². The Kier molecular flexibility index (Phi) is 3.77. The highest BCUT2D eigenvalue weighted by Gasteiger charge is 2.12. The Hall–Kier alpha value is -1.71. The van der Waals surface area contributed by atoms with Gasteiger partial charge in [-0.15, -0.1) is 0 Å². The van der Waals surface area contributed by atoms with Crippen LogP contribution in [0.25, 0.3) is 0 Å². The minimum atomic E-state index is -0.878. The lowest BCUT2D eigenvalue weighted by atomic mass is 10.00. The summed E-state index contributed by atoms with van der Waals surface area (Å²) in [5, 5.41) is 18.5. The number of ether oxygens (including phenoxy) is 1. The van der Waals surface area contributed by atoms with Crippen molar-refractivity contribution in [3.8, 4) is 11.5 Å². The van der Waals surface area contributed by atoms with Crippen LogP contribution in [0.1, 0.15) is 23.1 Å². The van der Waals surface area contributed by atoms with Gasteiger partial charge in [0.25, 0.3) is 0 Å². The van der Waals surface area contributed by atoms with Crippen LogP contribution < -0.4 is 4.74 Å². The van der Waals surface area contributed by atoms with Crippen molar-refractivity contribution >= 4 is 5.97 Å². The first-order valence-electron chi connectivity index (χ1n) is 5.05. The van der Waals surface area contributed by atoms with Crippen molar-refractivity contribution in [3.05, 3.63) is 22.8 Å². The summed E-state index contributed by atoms with van der Waals surface area (Å²) in [6.45, 7) is 3.65. The fourth-order valence-electron chi connectivity index (χ4n) is 1.58. The zero-order valence-corrected chi connectivity index (χ0v) is 9.70. The summed E-state index contributed by atoms with van der Waals surface area (Å²) in [6.07, 6.45) is 0.303. The molecule has 0 saturated heterocycles. The SMILES string of the molecule is COc1cc(CCC(=O)O)c(O)c(C)c1C. The Morgan fingerprint density at radius 2 is 2.00 bits per heavy atom. The van der Waals surface area contributed by atoms with Crippen LogP contribution in [0, 0.1) is 13.8 Å². The van der Waals surface area contributed by atoms with Gasteiger partial charge < -0.3 is 14.9 Å². The van der Waals surface area contributed by atoms with Crippen LogP contribution in [0.5, 0.6) is 11.5 Å². The van der Waals surface area contributed by atoms with Crippen LogP contribution in [0.2, 0.25) is 0 Å². The second kappa shape index (κ2) is 4.88. The van der Waals surface area contributed by atoms with E-state index in [1.54, 1.807) is 20.1 Å². The third kappa shape index (κ3) is 2.45. The average molecular weight is 224 g/mol. The van der Waals surface area contributed by atoms with E-state index < -0.39 is 5.97 Å². The van der Waals surface area contributed by atoms with E-state index in [-0.39, 0.29) is 12.2 Å². The van der Waals surface area contributed by atoms with Crippen LogP contribution in [-0.2, 0) is 11.2 Å². The van der Waals surface area contributed by atoms with E-state index in [9.17, 15) is 9.90 Å². The van der Waals surface area contributed by atoms with E-state index in [2.05, 4.69) is 0 Å². The third-order valence-electron chi connectivity index (χ3n) is 2.72. The maximum atomic E-state index is 10.5. The molecule has 0 fully saturated rings. The molecule has 0 aliphatic rings. The summed E-state index contributed by atoms with van der Waals surface area (Å²) in [5.74, 6) is -0.0353. The van der Waals surface area contributed by atoms with Gasteiger partial charge in [0.2, 0.25) is 0 Å². The number of aliphatic carboxylic acids is 1. The molecule has 4 nitrogen and oxygen atoms in total. The minimum Gasteiger partial charge on any atom is -0.507 e. The Labute approximate surface area is 94.5 Å². The molecule has 0 atom stereocenters. The second-order valence-corrected chi connectivity index (χ2v) is 3.73. The number of methoxy groups -OCH3 is 1. The second-order valence-electron chi connectivity index (χ2n) is 3.73. The highest BCUT2D eigenvalue weighted by molar-refractivity contribution is 5.67. The zero-order chi connectivity index (χ0) is 12.3. The summed E-state index contributed by atoms with van der Waals surface area (Å²) in [5.41, 5.74) is 2.22. The maximum absolute atomic E-state index is 10.5. The van der Waals surface area contributed by atoms with E-state index in [0.29, 0.717) is 17.7 Å². The highest BCUT2D eigenvalue weighted by Crippen LogP contribution is 2.33. The van der Waals surface area contributed by atoms with Crippen molar-refractivity contribution in [2.24, 2.45) is 0 Å². The molecule has 1 aromatic rings. The lowest BCUT2D eigenvalue weighted by Gasteiger charge is -2.13. The minimum absolute atomic E-state index is 0.000779. The van der Waals surface area contributed by atoms with Crippen molar-refractivity contribution in [1.82, 2.24) is 0 Å². The van der Waals surface area contributed by atoms with Crippen LogP contribution in [0.4, 0.5) is 0 Å². The standard InChI is InChI=1S/C12H16O4/c1-7-8(2)12(15)9(4-5-11(13)14)6-10(7)16-3/h6,15H,4-5H2,1-3H3,(H,13,14). The molecule has 0 spiro atoms. The maximum Gasteiger partial charge on any atom is 0.303 e. The molecule has 4 heteroatoms. The van der Waals surface area contributed by atoms with Gasteiger partial charge in [-0.3, -0.25) is 4.79 Å². The zero-order valence-electron chi connectivity index (χ0n) is 9.70. The molecular formula is C12H16O4. The molecule has 16 heavy (non-hydrogen) atoms. The van der Waals surface area contributed by atoms with Gasteiger partial charge in [-0.25, -0.2) is 0 Å². The summed E-state index contributed by atoms with van der Waals surface area (Å²) in [7, 11) is 1.56. The first-order valence-corrected chi connectivity index (χ1v) is 5.05. The number of carbonyl (C=O) groups is 1. The molecular weight excluding hydrogens is 208 g/mol. The van der Waals surface area contributed by atoms with Crippen LogP contribution in [0.15, 0.2) is 6.07 Å². The number of carboxylic acids is 1. The Bertz CT molecular complexity index is 410. The van der Waals surface area contributed by atoms with Crippen LogP contribution in [0.3, 0.4) is 0 Å². The molecule has 0 bridgehead atoms. The molecule has 2 N–H and O–H groups in total. The van der Waals surface area contributed by atoms with E-state index in [1.165, 1.54) is 0 Å². The van der Waals surface area contributed by atoms with Gasteiger partial charge in [0, 0.05) is 6.42 Å². The number of hydrogen-bond acceptors (Lipinski definition) is 3.